The van der Waals surface area contributed by atoms with Gasteiger partial charge in [-0.25, -0.2) is 4.39 Å². The molecule has 1 saturated heterocycles. The molecule has 4 rings (SSSR count). The number of carbonyl (C=O) groups excluding carboxylic acids is 1. The number of amides is 1. The molecular formula is C24H25FN4O. The van der Waals surface area contributed by atoms with Crippen LogP contribution in [0.5, 0.6) is 0 Å². The minimum absolute atomic E-state index is 0.0218. The smallest absolute Gasteiger partial charge is 0.225 e. The van der Waals surface area contributed by atoms with Gasteiger partial charge >= 0.3 is 0 Å². The van der Waals surface area contributed by atoms with Gasteiger partial charge in [0.1, 0.15) is 5.82 Å². The molecule has 1 fully saturated rings. The molecule has 2 aromatic carbocycles. The summed E-state index contributed by atoms with van der Waals surface area (Å²) in [7, 11) is 0. The van der Waals surface area contributed by atoms with Crippen molar-refractivity contribution in [3.8, 4) is 11.3 Å². The fraction of sp³-hybridized carbons (Fsp3) is 0.292. The highest BCUT2D eigenvalue weighted by Crippen LogP contribution is 2.25. The summed E-state index contributed by atoms with van der Waals surface area (Å²) in [5.41, 5.74) is 3.97. The zero-order valence-electron chi connectivity index (χ0n) is 17.0. The first kappa shape index (κ1) is 20.0. The quantitative estimate of drug-likeness (QED) is 0.695. The summed E-state index contributed by atoms with van der Waals surface area (Å²) >= 11 is 0. The van der Waals surface area contributed by atoms with Crippen LogP contribution in [0.2, 0.25) is 0 Å². The van der Waals surface area contributed by atoms with Crippen LogP contribution in [0.1, 0.15) is 24.0 Å². The lowest BCUT2D eigenvalue weighted by molar-refractivity contribution is -0.125. The molecule has 0 spiro atoms. The van der Waals surface area contributed by atoms with Crippen LogP contribution in [-0.2, 0) is 11.3 Å². The van der Waals surface area contributed by atoms with E-state index in [0.29, 0.717) is 13.1 Å². The van der Waals surface area contributed by atoms with Crippen LogP contribution < -0.4 is 10.2 Å². The zero-order valence-corrected chi connectivity index (χ0v) is 17.0. The molecule has 1 aliphatic heterocycles. The highest BCUT2D eigenvalue weighted by atomic mass is 19.1. The van der Waals surface area contributed by atoms with Crippen molar-refractivity contribution in [1.82, 2.24) is 15.5 Å². The average molecular weight is 404 g/mol. The monoisotopic (exact) mass is 404 g/mol. The van der Waals surface area contributed by atoms with E-state index in [9.17, 15) is 9.18 Å². The Hall–Kier alpha value is -3.28. The van der Waals surface area contributed by atoms with Gasteiger partial charge in [0.25, 0.3) is 0 Å². The molecule has 1 aliphatic rings. The first-order valence-corrected chi connectivity index (χ1v) is 10.3. The third-order valence-electron chi connectivity index (χ3n) is 5.57. The van der Waals surface area contributed by atoms with Gasteiger partial charge in [-0.2, -0.15) is 0 Å². The number of hydrogen-bond donors (Lipinski definition) is 1. The second-order valence-corrected chi connectivity index (χ2v) is 7.72. The Bertz CT molecular complexity index is 1000. The first-order valence-electron chi connectivity index (χ1n) is 10.3. The predicted octanol–water partition coefficient (Wildman–Crippen LogP) is 4.12. The number of carbonyl (C=O) groups is 1. The van der Waals surface area contributed by atoms with Gasteiger partial charge in [0.2, 0.25) is 5.91 Å². The van der Waals surface area contributed by atoms with Crippen molar-refractivity contribution in [2.24, 2.45) is 5.92 Å². The minimum atomic E-state index is -0.275. The molecule has 1 atom stereocenters. The van der Waals surface area contributed by atoms with Crippen molar-refractivity contribution in [3.05, 3.63) is 77.6 Å². The van der Waals surface area contributed by atoms with Crippen molar-refractivity contribution >= 4 is 11.7 Å². The van der Waals surface area contributed by atoms with Gasteiger partial charge in [0.05, 0.1) is 11.6 Å². The number of aryl methyl sites for hydroxylation is 1. The minimum Gasteiger partial charge on any atom is -0.354 e. The fourth-order valence-electron chi connectivity index (χ4n) is 3.83. The number of aromatic nitrogens is 2. The Morgan fingerprint density at radius 3 is 2.63 bits per heavy atom. The van der Waals surface area contributed by atoms with Crippen molar-refractivity contribution in [3.63, 3.8) is 0 Å². The largest absolute Gasteiger partial charge is 0.354 e. The molecule has 1 amide bonds. The van der Waals surface area contributed by atoms with Crippen LogP contribution in [0, 0.1) is 18.7 Å². The number of nitrogens with zero attached hydrogens (tertiary/aromatic N) is 3. The fourth-order valence-corrected chi connectivity index (χ4v) is 3.83. The summed E-state index contributed by atoms with van der Waals surface area (Å²) in [6.07, 6.45) is 1.77. The van der Waals surface area contributed by atoms with E-state index in [-0.39, 0.29) is 17.6 Å². The maximum Gasteiger partial charge on any atom is 0.225 e. The lowest BCUT2D eigenvalue weighted by Crippen LogP contribution is -2.43. The molecule has 3 aromatic rings. The highest BCUT2D eigenvalue weighted by molar-refractivity contribution is 5.79. The zero-order chi connectivity index (χ0) is 20.9. The van der Waals surface area contributed by atoms with Crippen LogP contribution in [0.4, 0.5) is 10.2 Å². The molecule has 154 valence electrons. The average Bonchev–Trinajstić information content (AvgIpc) is 2.79. The summed E-state index contributed by atoms with van der Waals surface area (Å²) in [4.78, 5) is 14.8. The van der Waals surface area contributed by atoms with Gasteiger partial charge in [0.15, 0.2) is 5.82 Å². The molecular weight excluding hydrogens is 379 g/mol. The molecule has 6 heteroatoms. The van der Waals surface area contributed by atoms with Crippen LogP contribution in [0.3, 0.4) is 0 Å². The predicted molar refractivity (Wildman–Crippen MR) is 115 cm³/mol. The van der Waals surface area contributed by atoms with Crippen LogP contribution in [0.15, 0.2) is 60.7 Å². The van der Waals surface area contributed by atoms with E-state index in [1.165, 1.54) is 12.1 Å². The number of halogens is 1. The number of hydrogen-bond acceptors (Lipinski definition) is 4. The number of anilines is 1. The maximum atomic E-state index is 13.0. The van der Waals surface area contributed by atoms with Gasteiger partial charge < -0.3 is 10.2 Å². The summed E-state index contributed by atoms with van der Waals surface area (Å²) in [5.74, 6) is 0.441. The van der Waals surface area contributed by atoms with E-state index in [0.717, 1.165) is 47.6 Å². The number of rotatable bonds is 5. The SMILES string of the molecule is Cc1ccccc1-c1ccc(N2CCCC(C(=O)NCc3ccc(F)cc3)C2)nn1. The van der Waals surface area contributed by atoms with Crippen LogP contribution >= 0.6 is 0 Å². The van der Waals surface area contributed by atoms with E-state index >= 15 is 0 Å². The molecule has 0 aliphatic carbocycles. The van der Waals surface area contributed by atoms with E-state index in [2.05, 4.69) is 33.4 Å². The van der Waals surface area contributed by atoms with E-state index in [1.54, 1.807) is 12.1 Å². The Balaban J connectivity index is 1.38. The molecule has 0 bridgehead atoms. The summed E-state index contributed by atoms with van der Waals surface area (Å²) in [6, 6.07) is 18.3. The van der Waals surface area contributed by atoms with Gasteiger partial charge in [-0.3, -0.25) is 4.79 Å². The maximum absolute atomic E-state index is 13.0. The molecule has 30 heavy (non-hydrogen) atoms. The second-order valence-electron chi connectivity index (χ2n) is 7.72. The lowest BCUT2D eigenvalue weighted by atomic mass is 9.97. The Labute approximate surface area is 176 Å². The van der Waals surface area contributed by atoms with E-state index < -0.39 is 0 Å². The van der Waals surface area contributed by atoms with Crippen molar-refractivity contribution in [2.45, 2.75) is 26.3 Å². The molecule has 1 unspecified atom stereocenters. The second kappa shape index (κ2) is 9.03. The van der Waals surface area contributed by atoms with Gasteiger partial charge in [-0.15, -0.1) is 10.2 Å². The van der Waals surface area contributed by atoms with Crippen LogP contribution in [0.25, 0.3) is 11.3 Å². The molecule has 5 nitrogen and oxygen atoms in total. The van der Waals surface area contributed by atoms with E-state index in [4.69, 9.17) is 0 Å². The van der Waals surface area contributed by atoms with Crippen LogP contribution in [-0.4, -0.2) is 29.2 Å². The van der Waals surface area contributed by atoms with Crippen molar-refractivity contribution in [2.75, 3.05) is 18.0 Å². The third kappa shape index (κ3) is 4.64. The van der Waals surface area contributed by atoms with E-state index in [1.807, 2.05) is 30.3 Å². The van der Waals surface area contributed by atoms with Gasteiger partial charge in [0, 0.05) is 25.2 Å². The molecule has 1 N–H and O–H groups in total. The molecule has 0 radical (unpaired) electrons. The Morgan fingerprint density at radius 1 is 1.10 bits per heavy atom. The third-order valence-corrected chi connectivity index (χ3v) is 5.57. The summed E-state index contributed by atoms with van der Waals surface area (Å²) in [5, 5.41) is 11.8. The van der Waals surface area contributed by atoms with Crippen molar-refractivity contribution in [1.29, 1.82) is 0 Å². The number of piperidine rings is 1. The summed E-state index contributed by atoms with van der Waals surface area (Å²) < 4.78 is 13.0. The standard InChI is InChI=1S/C24H25FN4O/c1-17-5-2-3-7-21(17)22-12-13-23(28-27-22)29-14-4-6-19(16-29)24(30)26-15-18-8-10-20(25)11-9-18/h2-3,5,7-13,19H,4,6,14-16H2,1H3,(H,26,30). The molecule has 0 saturated carbocycles. The Morgan fingerprint density at radius 2 is 1.90 bits per heavy atom. The number of benzene rings is 2. The lowest BCUT2D eigenvalue weighted by Gasteiger charge is -2.32. The molecule has 1 aromatic heterocycles. The van der Waals surface area contributed by atoms with Gasteiger partial charge in [-0.05, 0) is 55.2 Å². The first-order chi connectivity index (χ1) is 14.6. The van der Waals surface area contributed by atoms with Crippen molar-refractivity contribution < 1.29 is 9.18 Å². The summed E-state index contributed by atoms with van der Waals surface area (Å²) in [6.45, 7) is 3.94. The number of nitrogens with one attached hydrogen (secondary N) is 1. The molecule has 2 heterocycles. The Kier molecular flexibility index (Phi) is 6.02. The van der Waals surface area contributed by atoms with Gasteiger partial charge in [-0.1, -0.05) is 36.4 Å². The normalized spacial score (nSPS) is 16.3. The topological polar surface area (TPSA) is 58.1 Å². The highest BCUT2D eigenvalue weighted by Gasteiger charge is 2.26.